The van der Waals surface area contributed by atoms with Gasteiger partial charge in [0, 0.05) is 31.1 Å². The molecule has 0 saturated carbocycles. The number of allylic oxidation sites excluding steroid dienone is 1. The Morgan fingerprint density at radius 1 is 1.08 bits per heavy atom. The minimum Gasteiger partial charge on any atom is -0.493 e. The first-order chi connectivity index (χ1) is 18.5. The molecule has 1 aliphatic rings. The highest BCUT2D eigenvalue weighted by Gasteiger charge is 2.35. The molecule has 0 N–H and O–H groups in total. The number of carbonyl (C=O) groups is 1. The molecule has 4 aromatic rings. The van der Waals surface area contributed by atoms with Gasteiger partial charge in [-0.05, 0) is 73.7 Å². The second kappa shape index (κ2) is 11.1. The van der Waals surface area contributed by atoms with Gasteiger partial charge in [-0.25, -0.2) is 4.98 Å². The molecule has 6 nitrogen and oxygen atoms in total. The molecule has 1 saturated heterocycles. The maximum Gasteiger partial charge on any atom is 0.227 e. The van der Waals surface area contributed by atoms with E-state index in [0.717, 1.165) is 70.1 Å². The number of aromatic nitrogens is 2. The molecular formula is C32H35N3O3. The Bertz CT molecular complexity index is 1470. The summed E-state index contributed by atoms with van der Waals surface area (Å²) < 4.78 is 13.9. The van der Waals surface area contributed by atoms with E-state index in [-0.39, 0.29) is 11.8 Å². The summed E-state index contributed by atoms with van der Waals surface area (Å²) >= 11 is 0. The Morgan fingerprint density at radius 2 is 1.92 bits per heavy atom. The summed E-state index contributed by atoms with van der Waals surface area (Å²) in [6, 6.07) is 20.5. The quantitative estimate of drug-likeness (QED) is 0.184. The number of nitrogens with zero attached hydrogens (tertiary/aromatic N) is 3. The first-order valence-electron chi connectivity index (χ1n) is 13.2. The summed E-state index contributed by atoms with van der Waals surface area (Å²) in [4.78, 5) is 20.1. The highest BCUT2D eigenvalue weighted by atomic mass is 16.5. The average Bonchev–Trinajstić information content (AvgIpc) is 3.49. The van der Waals surface area contributed by atoms with Crippen molar-refractivity contribution in [1.29, 1.82) is 0 Å². The lowest BCUT2D eigenvalue weighted by atomic mass is 10.1. The van der Waals surface area contributed by atoms with Crippen LogP contribution in [0.25, 0.3) is 11.0 Å². The van der Waals surface area contributed by atoms with Gasteiger partial charge in [0.2, 0.25) is 5.91 Å². The summed E-state index contributed by atoms with van der Waals surface area (Å²) in [7, 11) is 1.66. The van der Waals surface area contributed by atoms with E-state index in [4.69, 9.17) is 14.5 Å². The normalized spacial score (nSPS) is 15.3. The number of aryl methyl sites for hydroxylation is 3. The molecule has 5 rings (SSSR count). The van der Waals surface area contributed by atoms with Crippen LogP contribution in [0.3, 0.4) is 0 Å². The molecule has 0 radical (unpaired) electrons. The molecule has 2 heterocycles. The summed E-state index contributed by atoms with van der Waals surface area (Å²) in [5.41, 5.74) is 6.46. The molecule has 196 valence electrons. The monoisotopic (exact) mass is 509 g/mol. The molecule has 0 aliphatic carbocycles. The Balaban J connectivity index is 1.33. The third-order valence-electron chi connectivity index (χ3n) is 7.22. The van der Waals surface area contributed by atoms with E-state index < -0.39 is 0 Å². The largest absolute Gasteiger partial charge is 0.493 e. The van der Waals surface area contributed by atoms with Gasteiger partial charge >= 0.3 is 0 Å². The molecule has 1 amide bonds. The molecular weight excluding hydrogens is 474 g/mol. The molecule has 1 aromatic heterocycles. The van der Waals surface area contributed by atoms with Gasteiger partial charge in [-0.2, -0.15) is 0 Å². The van der Waals surface area contributed by atoms with Crippen molar-refractivity contribution in [3.63, 3.8) is 0 Å². The zero-order chi connectivity index (χ0) is 26.6. The Morgan fingerprint density at radius 3 is 2.74 bits per heavy atom. The molecule has 6 heteroatoms. The van der Waals surface area contributed by atoms with Gasteiger partial charge in [0.15, 0.2) is 11.5 Å². The van der Waals surface area contributed by atoms with Crippen molar-refractivity contribution in [2.45, 2.75) is 45.6 Å². The van der Waals surface area contributed by atoms with E-state index in [1.54, 1.807) is 7.11 Å². The fraction of sp³-hybridized carbons (Fsp3) is 0.312. The topological polar surface area (TPSA) is 56.6 Å². The molecule has 1 atom stereocenters. The van der Waals surface area contributed by atoms with Crippen molar-refractivity contribution in [1.82, 2.24) is 9.55 Å². The molecule has 3 aromatic carbocycles. The van der Waals surface area contributed by atoms with Crippen molar-refractivity contribution >= 4 is 22.6 Å². The van der Waals surface area contributed by atoms with E-state index in [0.29, 0.717) is 19.6 Å². The first kappa shape index (κ1) is 25.6. The second-order valence-corrected chi connectivity index (χ2v) is 9.99. The lowest BCUT2D eigenvalue weighted by Crippen LogP contribution is -2.25. The number of ether oxygens (including phenoxy) is 2. The van der Waals surface area contributed by atoms with Gasteiger partial charge in [0.25, 0.3) is 0 Å². The van der Waals surface area contributed by atoms with E-state index in [9.17, 15) is 4.79 Å². The number of carbonyl (C=O) groups excluding carboxylic acids is 1. The average molecular weight is 510 g/mol. The number of fused-ring (bicyclic) bond motifs is 1. The third-order valence-corrected chi connectivity index (χ3v) is 7.22. The van der Waals surface area contributed by atoms with E-state index in [1.807, 2.05) is 47.4 Å². The Labute approximate surface area is 224 Å². The van der Waals surface area contributed by atoms with Gasteiger partial charge in [-0.15, -0.1) is 6.58 Å². The van der Waals surface area contributed by atoms with Crippen LogP contribution in [0.15, 0.2) is 73.3 Å². The van der Waals surface area contributed by atoms with Crippen molar-refractivity contribution in [2.24, 2.45) is 0 Å². The van der Waals surface area contributed by atoms with Crippen LogP contribution in [0.5, 0.6) is 11.5 Å². The van der Waals surface area contributed by atoms with Crippen LogP contribution in [0.4, 0.5) is 5.69 Å². The van der Waals surface area contributed by atoms with Gasteiger partial charge < -0.3 is 18.9 Å². The van der Waals surface area contributed by atoms with Gasteiger partial charge in [0.1, 0.15) is 5.82 Å². The van der Waals surface area contributed by atoms with Crippen LogP contribution < -0.4 is 14.4 Å². The summed E-state index contributed by atoms with van der Waals surface area (Å²) in [5, 5.41) is 0. The van der Waals surface area contributed by atoms with Crippen LogP contribution >= 0.6 is 0 Å². The molecule has 38 heavy (non-hydrogen) atoms. The minimum absolute atomic E-state index is 0.0354. The number of amides is 1. The lowest BCUT2D eigenvalue weighted by Gasteiger charge is -2.20. The second-order valence-electron chi connectivity index (χ2n) is 9.99. The van der Waals surface area contributed by atoms with Gasteiger partial charge in [-0.1, -0.05) is 36.4 Å². The molecule has 1 aliphatic heterocycles. The molecule has 0 bridgehead atoms. The summed E-state index contributed by atoms with van der Waals surface area (Å²) in [5.74, 6) is 2.63. The number of anilines is 1. The summed E-state index contributed by atoms with van der Waals surface area (Å²) in [6.45, 7) is 9.86. The van der Waals surface area contributed by atoms with Crippen molar-refractivity contribution in [2.75, 3.05) is 25.2 Å². The number of rotatable bonds is 10. The van der Waals surface area contributed by atoms with E-state index in [2.05, 4.69) is 49.3 Å². The van der Waals surface area contributed by atoms with Crippen LogP contribution in [0.2, 0.25) is 0 Å². The minimum atomic E-state index is 0.0354. The predicted octanol–water partition coefficient (Wildman–Crippen LogP) is 6.38. The maximum atomic E-state index is 13.1. The molecule has 1 fully saturated rings. The van der Waals surface area contributed by atoms with Crippen LogP contribution in [0.1, 0.15) is 41.3 Å². The lowest BCUT2D eigenvalue weighted by molar-refractivity contribution is -0.117. The first-order valence-corrected chi connectivity index (χ1v) is 13.2. The van der Waals surface area contributed by atoms with Crippen LogP contribution in [0, 0.1) is 13.8 Å². The molecule has 0 spiro atoms. The number of imidazole rings is 1. The maximum absolute atomic E-state index is 13.1. The van der Waals surface area contributed by atoms with Crippen molar-refractivity contribution in [3.8, 4) is 11.5 Å². The van der Waals surface area contributed by atoms with Crippen LogP contribution in [-0.4, -0.2) is 35.7 Å². The number of benzene rings is 3. The fourth-order valence-corrected chi connectivity index (χ4v) is 5.29. The number of methoxy groups -OCH3 is 1. The van der Waals surface area contributed by atoms with Crippen LogP contribution in [-0.2, 0) is 17.8 Å². The molecule has 1 unspecified atom stereocenters. The SMILES string of the molecule is C=CCc1ccc(OCCCn2c(C3CC(=O)N(c4cc(C)ccc4C)C3)nc3ccccc32)c(OC)c1. The fourth-order valence-electron chi connectivity index (χ4n) is 5.29. The number of hydrogen-bond donors (Lipinski definition) is 0. The number of para-hydroxylation sites is 2. The zero-order valence-electron chi connectivity index (χ0n) is 22.4. The standard InChI is InChI=1S/C32H35N3O3/c1-5-9-24-14-15-29(30(19-24)37-4)38-17-8-16-34-27-11-7-6-10-26(27)33-32(34)25-20-31(36)35(21-25)28-18-22(2)12-13-23(28)3/h5-7,10-15,18-19,25H,1,8-9,16-17,20-21H2,2-4H3. The van der Waals surface area contributed by atoms with Crippen molar-refractivity contribution < 1.29 is 14.3 Å². The third kappa shape index (κ3) is 5.17. The zero-order valence-corrected chi connectivity index (χ0v) is 22.4. The predicted molar refractivity (Wildman–Crippen MR) is 152 cm³/mol. The highest BCUT2D eigenvalue weighted by Crippen LogP contribution is 2.35. The van der Waals surface area contributed by atoms with Crippen molar-refractivity contribution in [3.05, 3.63) is 95.8 Å². The number of hydrogen-bond acceptors (Lipinski definition) is 4. The van der Waals surface area contributed by atoms with Gasteiger partial charge in [0.05, 0.1) is 24.8 Å². The van der Waals surface area contributed by atoms with E-state index in [1.165, 1.54) is 0 Å². The Hall–Kier alpha value is -4.06. The summed E-state index contributed by atoms with van der Waals surface area (Å²) in [6.07, 6.45) is 3.92. The van der Waals surface area contributed by atoms with Gasteiger partial charge in [-0.3, -0.25) is 4.79 Å². The van der Waals surface area contributed by atoms with E-state index >= 15 is 0 Å². The Kier molecular flexibility index (Phi) is 7.50. The smallest absolute Gasteiger partial charge is 0.227 e. The highest BCUT2D eigenvalue weighted by molar-refractivity contribution is 5.97.